The third-order valence-corrected chi connectivity index (χ3v) is 3.29. The Hall–Kier alpha value is -0.570. The molecule has 0 aromatic heterocycles. The zero-order valence-corrected chi connectivity index (χ0v) is 11.0. The molecule has 0 aliphatic carbocycles. The first-order chi connectivity index (χ1) is 7.63. The zero-order chi connectivity index (χ0) is 12.0. The van der Waals surface area contributed by atoms with Gasteiger partial charge in [0, 0.05) is 31.6 Å². The summed E-state index contributed by atoms with van der Waals surface area (Å²) in [6.45, 7) is 8.56. The molecule has 3 nitrogen and oxygen atoms in total. The fourth-order valence-electron chi connectivity index (χ4n) is 2.38. The third-order valence-electron chi connectivity index (χ3n) is 3.29. The van der Waals surface area contributed by atoms with E-state index in [1.54, 1.807) is 0 Å². The van der Waals surface area contributed by atoms with Gasteiger partial charge in [0.15, 0.2) is 0 Å². The van der Waals surface area contributed by atoms with E-state index < -0.39 is 0 Å². The topological polar surface area (TPSA) is 32.3 Å². The number of nitrogens with one attached hydrogen (secondary N) is 1. The summed E-state index contributed by atoms with van der Waals surface area (Å²) in [6, 6.07) is 1.10. The van der Waals surface area contributed by atoms with Gasteiger partial charge in [0.2, 0.25) is 5.91 Å². The Morgan fingerprint density at radius 2 is 2.00 bits per heavy atom. The van der Waals surface area contributed by atoms with Crippen LogP contribution >= 0.6 is 0 Å². The molecule has 1 saturated heterocycles. The number of likely N-dealkylation sites (tertiary alicyclic amines) is 1. The second-order valence-electron chi connectivity index (χ2n) is 5.03. The monoisotopic (exact) mass is 226 g/mol. The highest BCUT2D eigenvalue weighted by molar-refractivity contribution is 5.77. The summed E-state index contributed by atoms with van der Waals surface area (Å²) in [5.41, 5.74) is 0. The molecule has 0 saturated carbocycles. The van der Waals surface area contributed by atoms with Crippen molar-refractivity contribution >= 4 is 5.91 Å². The molecule has 1 aliphatic rings. The van der Waals surface area contributed by atoms with Gasteiger partial charge in [-0.05, 0) is 33.1 Å². The number of hydrogen-bond acceptors (Lipinski definition) is 2. The van der Waals surface area contributed by atoms with E-state index in [-0.39, 0.29) is 0 Å². The number of hydrogen-bond donors (Lipinski definition) is 1. The maximum Gasteiger partial charge on any atom is 0.222 e. The van der Waals surface area contributed by atoms with Gasteiger partial charge >= 0.3 is 0 Å². The van der Waals surface area contributed by atoms with Crippen LogP contribution in [0.15, 0.2) is 0 Å². The molecule has 1 fully saturated rings. The van der Waals surface area contributed by atoms with Crippen LogP contribution in [0.4, 0.5) is 0 Å². The van der Waals surface area contributed by atoms with Crippen LogP contribution in [0.2, 0.25) is 0 Å². The third kappa shape index (κ3) is 4.52. The van der Waals surface area contributed by atoms with Crippen LogP contribution in [0.25, 0.3) is 0 Å². The van der Waals surface area contributed by atoms with E-state index in [1.807, 2.05) is 4.90 Å². The standard InChI is InChI=1S/C13H26N2O/c1-4-6-11(2)14-12(3)8-10-15-9-5-7-13(15)16/h11-12,14H,4-10H2,1-3H3. The molecule has 1 rings (SSSR count). The smallest absolute Gasteiger partial charge is 0.222 e. The Bertz CT molecular complexity index is 218. The van der Waals surface area contributed by atoms with Gasteiger partial charge in [0.25, 0.3) is 0 Å². The van der Waals surface area contributed by atoms with Gasteiger partial charge < -0.3 is 10.2 Å². The first-order valence-corrected chi connectivity index (χ1v) is 6.67. The molecule has 0 radical (unpaired) electrons. The summed E-state index contributed by atoms with van der Waals surface area (Å²) < 4.78 is 0. The van der Waals surface area contributed by atoms with Crippen molar-refractivity contribution in [3.8, 4) is 0 Å². The molecule has 94 valence electrons. The quantitative estimate of drug-likeness (QED) is 0.721. The first kappa shape index (κ1) is 13.5. The van der Waals surface area contributed by atoms with Crippen molar-refractivity contribution in [1.29, 1.82) is 0 Å². The van der Waals surface area contributed by atoms with E-state index in [9.17, 15) is 4.79 Å². The number of carbonyl (C=O) groups is 1. The predicted octanol–water partition coefficient (Wildman–Crippen LogP) is 2.17. The minimum atomic E-state index is 0.341. The molecule has 0 aromatic carbocycles. The lowest BCUT2D eigenvalue weighted by molar-refractivity contribution is -0.127. The normalized spacial score (nSPS) is 20.2. The minimum Gasteiger partial charge on any atom is -0.343 e. The van der Waals surface area contributed by atoms with Crippen LogP contribution in [0.5, 0.6) is 0 Å². The fourth-order valence-corrected chi connectivity index (χ4v) is 2.38. The molecule has 1 aliphatic heterocycles. The lowest BCUT2D eigenvalue weighted by Crippen LogP contribution is -2.37. The highest BCUT2D eigenvalue weighted by Gasteiger charge is 2.20. The van der Waals surface area contributed by atoms with Gasteiger partial charge in [-0.3, -0.25) is 4.79 Å². The Labute approximate surface area is 99.6 Å². The highest BCUT2D eigenvalue weighted by atomic mass is 16.2. The number of amides is 1. The van der Waals surface area contributed by atoms with Crippen LogP contribution in [-0.2, 0) is 4.79 Å². The summed E-state index contributed by atoms with van der Waals surface area (Å²) in [7, 11) is 0. The second-order valence-corrected chi connectivity index (χ2v) is 5.03. The van der Waals surface area contributed by atoms with Crippen molar-refractivity contribution in [2.75, 3.05) is 13.1 Å². The summed E-state index contributed by atoms with van der Waals surface area (Å²) in [5, 5.41) is 3.58. The van der Waals surface area contributed by atoms with E-state index in [0.717, 1.165) is 32.4 Å². The van der Waals surface area contributed by atoms with Gasteiger partial charge in [0.05, 0.1) is 0 Å². The largest absolute Gasteiger partial charge is 0.343 e. The van der Waals surface area contributed by atoms with E-state index in [4.69, 9.17) is 0 Å². The SMILES string of the molecule is CCCC(C)NC(C)CCN1CCCC1=O. The second kappa shape index (κ2) is 6.89. The molecule has 1 heterocycles. The molecular formula is C13H26N2O. The van der Waals surface area contributed by atoms with E-state index in [0.29, 0.717) is 18.0 Å². The average molecular weight is 226 g/mol. The average Bonchev–Trinajstić information content (AvgIpc) is 2.61. The van der Waals surface area contributed by atoms with E-state index in [1.165, 1.54) is 12.8 Å². The fraction of sp³-hybridized carbons (Fsp3) is 0.923. The van der Waals surface area contributed by atoms with Gasteiger partial charge in [-0.15, -0.1) is 0 Å². The minimum absolute atomic E-state index is 0.341. The molecule has 1 N–H and O–H groups in total. The van der Waals surface area contributed by atoms with Crippen molar-refractivity contribution in [2.24, 2.45) is 0 Å². The first-order valence-electron chi connectivity index (χ1n) is 6.67. The number of nitrogens with zero attached hydrogens (tertiary/aromatic N) is 1. The molecule has 0 aromatic rings. The highest BCUT2D eigenvalue weighted by Crippen LogP contribution is 2.10. The van der Waals surface area contributed by atoms with Crippen LogP contribution < -0.4 is 5.32 Å². The molecule has 16 heavy (non-hydrogen) atoms. The molecule has 3 heteroatoms. The van der Waals surface area contributed by atoms with Crippen molar-refractivity contribution in [3.63, 3.8) is 0 Å². The van der Waals surface area contributed by atoms with Crippen molar-refractivity contribution in [1.82, 2.24) is 10.2 Å². The summed E-state index contributed by atoms with van der Waals surface area (Å²) >= 11 is 0. The van der Waals surface area contributed by atoms with Gasteiger partial charge in [-0.1, -0.05) is 13.3 Å². The Balaban J connectivity index is 2.14. The molecule has 0 bridgehead atoms. The van der Waals surface area contributed by atoms with Crippen LogP contribution in [0.1, 0.15) is 52.9 Å². The number of rotatable bonds is 7. The Morgan fingerprint density at radius 1 is 1.31 bits per heavy atom. The van der Waals surface area contributed by atoms with Crippen LogP contribution in [-0.4, -0.2) is 36.0 Å². The lowest BCUT2D eigenvalue weighted by atomic mass is 10.1. The Morgan fingerprint density at radius 3 is 2.56 bits per heavy atom. The molecule has 0 spiro atoms. The predicted molar refractivity (Wildman–Crippen MR) is 67.4 cm³/mol. The van der Waals surface area contributed by atoms with E-state index >= 15 is 0 Å². The molecule has 1 amide bonds. The van der Waals surface area contributed by atoms with Crippen molar-refractivity contribution < 1.29 is 4.79 Å². The molecule has 2 unspecified atom stereocenters. The summed E-state index contributed by atoms with van der Waals surface area (Å²) in [6.07, 6.45) is 5.33. The summed E-state index contributed by atoms with van der Waals surface area (Å²) in [4.78, 5) is 13.4. The summed E-state index contributed by atoms with van der Waals surface area (Å²) in [5.74, 6) is 0.341. The number of carbonyl (C=O) groups excluding carboxylic acids is 1. The van der Waals surface area contributed by atoms with Crippen molar-refractivity contribution in [2.45, 2.75) is 65.0 Å². The molecular weight excluding hydrogens is 200 g/mol. The zero-order valence-electron chi connectivity index (χ0n) is 11.0. The Kier molecular flexibility index (Phi) is 5.81. The maximum absolute atomic E-state index is 11.4. The van der Waals surface area contributed by atoms with Crippen LogP contribution in [0, 0.1) is 0 Å². The van der Waals surface area contributed by atoms with Gasteiger partial charge in [0.1, 0.15) is 0 Å². The lowest BCUT2D eigenvalue weighted by Gasteiger charge is -2.22. The maximum atomic E-state index is 11.4. The van der Waals surface area contributed by atoms with Gasteiger partial charge in [-0.25, -0.2) is 0 Å². The van der Waals surface area contributed by atoms with Gasteiger partial charge in [-0.2, -0.15) is 0 Å². The van der Waals surface area contributed by atoms with E-state index in [2.05, 4.69) is 26.1 Å². The van der Waals surface area contributed by atoms with Crippen molar-refractivity contribution in [3.05, 3.63) is 0 Å². The molecule has 2 atom stereocenters. The van der Waals surface area contributed by atoms with Crippen LogP contribution in [0.3, 0.4) is 0 Å².